The highest BCUT2D eigenvalue weighted by Crippen LogP contribution is 2.36. The lowest BCUT2D eigenvalue weighted by molar-refractivity contribution is -0.137. The Labute approximate surface area is 107 Å². The van der Waals surface area contributed by atoms with E-state index in [9.17, 15) is 13.2 Å². The Morgan fingerprint density at radius 1 is 1.21 bits per heavy atom. The summed E-state index contributed by atoms with van der Waals surface area (Å²) in [6.45, 7) is 0. The zero-order valence-corrected chi connectivity index (χ0v) is 10.0. The molecule has 0 aliphatic carbocycles. The van der Waals surface area contributed by atoms with Gasteiger partial charge in [-0.1, -0.05) is 0 Å². The second-order valence-electron chi connectivity index (χ2n) is 3.92. The average Bonchev–Trinajstić information content (AvgIpc) is 2.37. The minimum absolute atomic E-state index is 0.0377. The topological polar surface area (TPSA) is 48.1 Å². The third-order valence-corrected chi connectivity index (χ3v) is 2.59. The molecule has 0 amide bonds. The van der Waals surface area contributed by atoms with Crippen LogP contribution in [0.4, 0.5) is 18.9 Å². The Kier molecular flexibility index (Phi) is 3.33. The van der Waals surface area contributed by atoms with Gasteiger partial charge in [-0.05, 0) is 29.8 Å². The number of pyridine rings is 1. The summed E-state index contributed by atoms with van der Waals surface area (Å²) in [7, 11) is 1.44. The fourth-order valence-corrected chi connectivity index (χ4v) is 1.75. The fraction of sp³-hybridized carbons (Fsp3) is 0.154. The zero-order valence-electron chi connectivity index (χ0n) is 10.0. The van der Waals surface area contributed by atoms with Crippen molar-refractivity contribution in [3.8, 4) is 16.9 Å². The number of hydrogen-bond acceptors (Lipinski definition) is 3. The van der Waals surface area contributed by atoms with Crippen LogP contribution in [0.5, 0.6) is 5.75 Å². The molecular formula is C13H11F3N2O. The smallest absolute Gasteiger partial charge is 0.416 e. The summed E-state index contributed by atoms with van der Waals surface area (Å²) in [5, 5.41) is 0. The second kappa shape index (κ2) is 4.79. The van der Waals surface area contributed by atoms with E-state index in [1.54, 1.807) is 6.07 Å². The van der Waals surface area contributed by atoms with Crippen LogP contribution in [0.1, 0.15) is 5.56 Å². The van der Waals surface area contributed by atoms with Crippen molar-refractivity contribution in [2.75, 3.05) is 12.8 Å². The molecule has 1 aromatic carbocycles. The van der Waals surface area contributed by atoms with Crippen molar-refractivity contribution in [3.05, 3.63) is 42.2 Å². The largest absolute Gasteiger partial charge is 0.496 e. The Morgan fingerprint density at radius 3 is 2.58 bits per heavy atom. The first kappa shape index (κ1) is 13.2. The summed E-state index contributed by atoms with van der Waals surface area (Å²) >= 11 is 0. The van der Waals surface area contributed by atoms with Crippen molar-refractivity contribution in [3.63, 3.8) is 0 Å². The van der Waals surface area contributed by atoms with Crippen molar-refractivity contribution < 1.29 is 17.9 Å². The molecule has 0 atom stereocenters. The van der Waals surface area contributed by atoms with Gasteiger partial charge < -0.3 is 10.5 Å². The van der Waals surface area contributed by atoms with Gasteiger partial charge in [0.1, 0.15) is 5.75 Å². The lowest BCUT2D eigenvalue weighted by Gasteiger charge is -2.12. The number of alkyl halides is 3. The quantitative estimate of drug-likeness (QED) is 0.849. The summed E-state index contributed by atoms with van der Waals surface area (Å²) in [5.41, 5.74) is 5.54. The minimum atomic E-state index is -4.44. The van der Waals surface area contributed by atoms with Crippen LogP contribution in [-0.2, 0) is 6.18 Å². The Balaban J connectivity index is 2.60. The van der Waals surface area contributed by atoms with E-state index in [2.05, 4.69) is 4.98 Å². The summed E-state index contributed by atoms with van der Waals surface area (Å²) in [6.07, 6.45) is -1.51. The Morgan fingerprint density at radius 2 is 1.95 bits per heavy atom. The number of rotatable bonds is 2. The maximum absolute atomic E-state index is 12.7. The molecule has 19 heavy (non-hydrogen) atoms. The van der Waals surface area contributed by atoms with Crippen molar-refractivity contribution >= 4 is 5.69 Å². The Hall–Kier alpha value is -2.24. The number of benzene rings is 1. The molecule has 3 nitrogen and oxygen atoms in total. The van der Waals surface area contributed by atoms with E-state index in [4.69, 9.17) is 10.5 Å². The summed E-state index contributed by atoms with van der Waals surface area (Å²) in [6, 6.07) is 4.95. The first-order chi connectivity index (χ1) is 8.91. The van der Waals surface area contributed by atoms with Crippen LogP contribution in [0.2, 0.25) is 0 Å². The van der Waals surface area contributed by atoms with Gasteiger partial charge in [0.15, 0.2) is 0 Å². The minimum Gasteiger partial charge on any atom is -0.496 e. The maximum Gasteiger partial charge on any atom is 0.416 e. The van der Waals surface area contributed by atoms with Crippen LogP contribution >= 0.6 is 0 Å². The van der Waals surface area contributed by atoms with E-state index < -0.39 is 11.7 Å². The van der Waals surface area contributed by atoms with E-state index in [0.29, 0.717) is 16.9 Å². The third-order valence-electron chi connectivity index (χ3n) is 2.59. The third kappa shape index (κ3) is 2.78. The van der Waals surface area contributed by atoms with Crippen LogP contribution < -0.4 is 10.5 Å². The van der Waals surface area contributed by atoms with E-state index in [0.717, 1.165) is 12.1 Å². The molecule has 0 fully saturated rings. The molecule has 0 saturated carbocycles. The monoisotopic (exact) mass is 268 g/mol. The van der Waals surface area contributed by atoms with Gasteiger partial charge >= 0.3 is 6.18 Å². The van der Waals surface area contributed by atoms with Crippen LogP contribution in [0, 0.1) is 0 Å². The van der Waals surface area contributed by atoms with Gasteiger partial charge in [-0.25, -0.2) is 0 Å². The van der Waals surface area contributed by atoms with Crippen LogP contribution in [0.15, 0.2) is 36.7 Å². The van der Waals surface area contributed by atoms with Gasteiger partial charge in [-0.3, -0.25) is 4.98 Å². The molecule has 0 unspecified atom stereocenters. The molecule has 2 aromatic rings. The van der Waals surface area contributed by atoms with Crippen LogP contribution in [0.25, 0.3) is 11.1 Å². The molecule has 2 rings (SSSR count). The standard InChI is InChI=1S/C13H11F3N2O/c1-19-12-2-3-18-7-11(12)8-4-9(13(14,15)16)6-10(17)5-8/h2-7H,17H2,1H3. The first-order valence-electron chi connectivity index (χ1n) is 5.38. The summed E-state index contributed by atoms with van der Waals surface area (Å²) in [4.78, 5) is 3.89. The fourth-order valence-electron chi connectivity index (χ4n) is 1.75. The zero-order chi connectivity index (χ0) is 14.0. The van der Waals surface area contributed by atoms with E-state index in [-0.39, 0.29) is 5.69 Å². The maximum atomic E-state index is 12.7. The van der Waals surface area contributed by atoms with Gasteiger partial charge in [-0.2, -0.15) is 13.2 Å². The molecule has 0 radical (unpaired) electrons. The van der Waals surface area contributed by atoms with Gasteiger partial charge in [-0.15, -0.1) is 0 Å². The predicted molar refractivity (Wildman–Crippen MR) is 65.6 cm³/mol. The number of anilines is 1. The lowest BCUT2D eigenvalue weighted by Crippen LogP contribution is -2.06. The number of methoxy groups -OCH3 is 1. The molecule has 6 heteroatoms. The van der Waals surface area contributed by atoms with E-state index >= 15 is 0 Å². The van der Waals surface area contributed by atoms with E-state index in [1.165, 1.54) is 25.6 Å². The number of ether oxygens (including phenoxy) is 1. The molecule has 1 aromatic heterocycles. The van der Waals surface area contributed by atoms with Crippen molar-refractivity contribution in [2.24, 2.45) is 0 Å². The normalized spacial score (nSPS) is 11.4. The predicted octanol–water partition coefficient (Wildman–Crippen LogP) is 3.36. The molecule has 0 aliphatic rings. The average molecular weight is 268 g/mol. The number of nitrogens with zero attached hydrogens (tertiary/aromatic N) is 1. The molecule has 100 valence electrons. The highest BCUT2D eigenvalue weighted by Gasteiger charge is 2.31. The molecular weight excluding hydrogens is 257 g/mol. The van der Waals surface area contributed by atoms with Gasteiger partial charge in [0, 0.05) is 23.6 Å². The van der Waals surface area contributed by atoms with E-state index in [1.807, 2.05) is 0 Å². The molecule has 0 aliphatic heterocycles. The molecule has 0 saturated heterocycles. The van der Waals surface area contributed by atoms with Gasteiger partial charge in [0.2, 0.25) is 0 Å². The summed E-state index contributed by atoms with van der Waals surface area (Å²) in [5.74, 6) is 0.439. The SMILES string of the molecule is COc1ccncc1-c1cc(N)cc(C(F)(F)F)c1. The second-order valence-corrected chi connectivity index (χ2v) is 3.92. The number of nitrogen functional groups attached to an aromatic ring is 1. The van der Waals surface area contributed by atoms with Crippen molar-refractivity contribution in [1.29, 1.82) is 0 Å². The summed E-state index contributed by atoms with van der Waals surface area (Å²) < 4.78 is 43.3. The first-order valence-corrected chi connectivity index (χ1v) is 5.38. The van der Waals surface area contributed by atoms with Crippen LogP contribution in [0.3, 0.4) is 0 Å². The molecule has 0 spiro atoms. The number of nitrogens with two attached hydrogens (primary N) is 1. The van der Waals surface area contributed by atoms with Crippen LogP contribution in [-0.4, -0.2) is 12.1 Å². The molecule has 1 heterocycles. The molecule has 2 N–H and O–H groups in total. The lowest BCUT2D eigenvalue weighted by atomic mass is 10.0. The van der Waals surface area contributed by atoms with Crippen molar-refractivity contribution in [2.45, 2.75) is 6.18 Å². The molecule has 0 bridgehead atoms. The number of hydrogen-bond donors (Lipinski definition) is 1. The van der Waals surface area contributed by atoms with Gasteiger partial charge in [0.05, 0.1) is 12.7 Å². The number of aromatic nitrogens is 1. The van der Waals surface area contributed by atoms with Gasteiger partial charge in [0.25, 0.3) is 0 Å². The highest BCUT2D eigenvalue weighted by atomic mass is 19.4. The Bertz CT molecular complexity index is 597. The van der Waals surface area contributed by atoms with Crippen molar-refractivity contribution in [1.82, 2.24) is 4.98 Å². The highest BCUT2D eigenvalue weighted by molar-refractivity contribution is 5.73. The number of halogens is 3.